The van der Waals surface area contributed by atoms with Crippen molar-refractivity contribution in [2.75, 3.05) is 17.3 Å². The Morgan fingerprint density at radius 2 is 1.79 bits per heavy atom. The van der Waals surface area contributed by atoms with Crippen molar-refractivity contribution in [3.05, 3.63) is 59.2 Å². The summed E-state index contributed by atoms with van der Waals surface area (Å²) in [6, 6.07) is 11.0. The van der Waals surface area contributed by atoms with Gasteiger partial charge in [0, 0.05) is 16.8 Å². The molecule has 28 heavy (non-hydrogen) atoms. The molecule has 1 spiro atoms. The summed E-state index contributed by atoms with van der Waals surface area (Å²) < 4.78 is 5.51. The first kappa shape index (κ1) is 16.9. The number of nitrogens with zero attached hydrogens (tertiary/aromatic N) is 1. The smallest absolute Gasteiger partial charge is 0.279 e. The zero-order chi connectivity index (χ0) is 19.8. The van der Waals surface area contributed by atoms with Crippen molar-refractivity contribution >= 4 is 28.8 Å². The minimum atomic E-state index is -1.36. The number of nitrogens with one attached hydrogen (secondary N) is 2. The second-order valence-electron chi connectivity index (χ2n) is 8.07. The van der Waals surface area contributed by atoms with E-state index in [2.05, 4.69) is 16.7 Å². The number of para-hydroxylation sites is 1. The average molecular weight is 375 g/mol. The number of benzene rings is 2. The highest BCUT2D eigenvalue weighted by Crippen LogP contribution is 2.53. The minimum Gasteiger partial charge on any atom is -0.497 e. The van der Waals surface area contributed by atoms with Crippen LogP contribution in [-0.2, 0) is 10.5 Å². The predicted molar refractivity (Wildman–Crippen MR) is 107 cm³/mol. The second kappa shape index (κ2) is 5.16. The first-order valence-electron chi connectivity index (χ1n) is 9.25. The topological polar surface area (TPSA) is 70.7 Å². The van der Waals surface area contributed by atoms with Crippen LogP contribution in [0.25, 0.3) is 5.57 Å². The monoisotopic (exact) mass is 375 g/mol. The van der Waals surface area contributed by atoms with E-state index in [-0.39, 0.29) is 11.8 Å². The highest BCUT2D eigenvalue weighted by molar-refractivity contribution is 6.18. The van der Waals surface area contributed by atoms with Gasteiger partial charge in [-0.2, -0.15) is 0 Å². The van der Waals surface area contributed by atoms with Crippen molar-refractivity contribution in [3.8, 4) is 5.75 Å². The molecule has 0 aliphatic carbocycles. The quantitative estimate of drug-likeness (QED) is 0.803. The molecule has 2 N–H and O–H groups in total. The fraction of sp³-hybridized carbons (Fsp3) is 0.273. The zero-order valence-electron chi connectivity index (χ0n) is 16.2. The van der Waals surface area contributed by atoms with E-state index in [4.69, 9.17) is 4.74 Å². The van der Waals surface area contributed by atoms with Crippen molar-refractivity contribution in [2.45, 2.75) is 32.0 Å². The normalized spacial score (nSPS) is 23.6. The van der Waals surface area contributed by atoms with Crippen molar-refractivity contribution in [3.63, 3.8) is 0 Å². The van der Waals surface area contributed by atoms with E-state index in [1.165, 1.54) is 0 Å². The fourth-order valence-electron chi connectivity index (χ4n) is 4.66. The molecule has 0 saturated heterocycles. The molecule has 6 heteroatoms. The Labute approximate surface area is 163 Å². The Balaban J connectivity index is 1.82. The molecule has 2 amide bonds. The standard InChI is InChI=1S/C22H21N3O3/c1-12-11-21(2,3)25-18-15(12)9-13(28-4)10-16(18)22(20(25)27)23-17-8-6-5-7-14(17)19(26)24-22/h5-11,23H,1-4H3,(H,24,26). The summed E-state index contributed by atoms with van der Waals surface area (Å²) in [5, 5.41) is 6.29. The van der Waals surface area contributed by atoms with Crippen molar-refractivity contribution in [1.29, 1.82) is 0 Å². The average Bonchev–Trinajstić information content (AvgIpc) is 2.89. The number of allylic oxidation sites excluding steroid dienone is 1. The number of anilines is 2. The van der Waals surface area contributed by atoms with Crippen LogP contribution in [0.4, 0.5) is 11.4 Å². The molecule has 1 unspecified atom stereocenters. The molecule has 2 aromatic rings. The van der Waals surface area contributed by atoms with Crippen LogP contribution in [0.5, 0.6) is 5.75 Å². The van der Waals surface area contributed by atoms with Crippen LogP contribution in [0.1, 0.15) is 42.3 Å². The molecule has 0 saturated carbocycles. The van der Waals surface area contributed by atoms with E-state index in [1.54, 1.807) is 24.1 Å². The maximum Gasteiger partial charge on any atom is 0.279 e. The van der Waals surface area contributed by atoms with Crippen LogP contribution in [0.2, 0.25) is 0 Å². The fourth-order valence-corrected chi connectivity index (χ4v) is 4.66. The summed E-state index contributed by atoms with van der Waals surface area (Å²) in [6.45, 7) is 6.04. The third-order valence-corrected chi connectivity index (χ3v) is 5.84. The largest absolute Gasteiger partial charge is 0.497 e. The van der Waals surface area contributed by atoms with Gasteiger partial charge in [-0.15, -0.1) is 0 Å². The van der Waals surface area contributed by atoms with Gasteiger partial charge in [-0.25, -0.2) is 0 Å². The highest BCUT2D eigenvalue weighted by atomic mass is 16.5. The van der Waals surface area contributed by atoms with Crippen molar-refractivity contribution in [1.82, 2.24) is 5.32 Å². The third kappa shape index (κ3) is 1.92. The van der Waals surface area contributed by atoms with Gasteiger partial charge < -0.3 is 15.4 Å². The molecule has 3 aliphatic rings. The van der Waals surface area contributed by atoms with Gasteiger partial charge in [-0.1, -0.05) is 18.2 Å². The maximum absolute atomic E-state index is 13.8. The van der Waals surface area contributed by atoms with E-state index < -0.39 is 11.2 Å². The van der Waals surface area contributed by atoms with E-state index in [0.29, 0.717) is 22.6 Å². The van der Waals surface area contributed by atoms with Gasteiger partial charge >= 0.3 is 0 Å². The number of amides is 2. The van der Waals surface area contributed by atoms with E-state index in [9.17, 15) is 9.59 Å². The molecule has 142 valence electrons. The first-order valence-corrected chi connectivity index (χ1v) is 9.25. The lowest BCUT2D eigenvalue weighted by Gasteiger charge is -2.40. The number of fused-ring (bicyclic) bond motifs is 2. The van der Waals surface area contributed by atoms with Crippen molar-refractivity contribution in [2.24, 2.45) is 0 Å². The molecule has 3 heterocycles. The number of rotatable bonds is 1. The summed E-state index contributed by atoms with van der Waals surface area (Å²) in [4.78, 5) is 28.5. The van der Waals surface area contributed by atoms with Crippen LogP contribution in [0.3, 0.4) is 0 Å². The Bertz CT molecular complexity index is 1100. The van der Waals surface area contributed by atoms with E-state index >= 15 is 0 Å². The lowest BCUT2D eigenvalue weighted by atomic mass is 9.88. The Kier molecular flexibility index (Phi) is 3.11. The van der Waals surface area contributed by atoms with Gasteiger partial charge in [-0.3, -0.25) is 14.5 Å². The lowest BCUT2D eigenvalue weighted by molar-refractivity contribution is -0.123. The number of hydrogen-bond acceptors (Lipinski definition) is 4. The van der Waals surface area contributed by atoms with E-state index in [0.717, 1.165) is 16.8 Å². The molecule has 0 aromatic heterocycles. The predicted octanol–water partition coefficient (Wildman–Crippen LogP) is 3.25. The molecule has 0 radical (unpaired) electrons. The zero-order valence-corrected chi connectivity index (χ0v) is 16.2. The second-order valence-corrected chi connectivity index (χ2v) is 8.07. The van der Waals surface area contributed by atoms with Gasteiger partial charge in [-0.05, 0) is 50.6 Å². The van der Waals surface area contributed by atoms with E-state index in [1.807, 2.05) is 45.0 Å². The van der Waals surface area contributed by atoms with Crippen LogP contribution in [0.15, 0.2) is 42.5 Å². The van der Waals surface area contributed by atoms with Gasteiger partial charge in [0.25, 0.3) is 11.8 Å². The molecule has 3 aliphatic heterocycles. The number of hydrogen-bond donors (Lipinski definition) is 2. The maximum atomic E-state index is 13.8. The number of methoxy groups -OCH3 is 1. The molecule has 2 aromatic carbocycles. The third-order valence-electron chi connectivity index (χ3n) is 5.84. The minimum absolute atomic E-state index is 0.200. The summed E-state index contributed by atoms with van der Waals surface area (Å²) >= 11 is 0. The van der Waals surface area contributed by atoms with Crippen LogP contribution < -0.4 is 20.3 Å². The summed E-state index contributed by atoms with van der Waals surface area (Å²) in [5.74, 6) is 0.167. The number of ether oxygens (including phenoxy) is 1. The van der Waals surface area contributed by atoms with Gasteiger partial charge in [0.15, 0.2) is 0 Å². The van der Waals surface area contributed by atoms with Crippen LogP contribution >= 0.6 is 0 Å². The summed E-state index contributed by atoms with van der Waals surface area (Å²) in [5.41, 5.74) is 2.81. The lowest BCUT2D eigenvalue weighted by Crippen LogP contribution is -2.62. The number of carbonyl (C=O) groups excluding carboxylic acids is 2. The molecular formula is C22H21N3O3. The van der Waals surface area contributed by atoms with Gasteiger partial charge in [0.1, 0.15) is 5.75 Å². The highest BCUT2D eigenvalue weighted by Gasteiger charge is 2.59. The SMILES string of the molecule is COc1cc2c3c(c1)C1(NC(=O)c4ccccc4N1)C(=O)N3C(C)(C)C=C2C. The number of carbonyl (C=O) groups is 2. The Morgan fingerprint density at radius 1 is 1.04 bits per heavy atom. The summed E-state index contributed by atoms with van der Waals surface area (Å²) in [7, 11) is 1.60. The summed E-state index contributed by atoms with van der Waals surface area (Å²) in [6.07, 6.45) is 2.08. The molecule has 6 nitrogen and oxygen atoms in total. The Hall–Kier alpha value is -3.28. The van der Waals surface area contributed by atoms with Gasteiger partial charge in [0.2, 0.25) is 5.66 Å². The molecule has 5 rings (SSSR count). The van der Waals surface area contributed by atoms with Crippen molar-refractivity contribution < 1.29 is 14.3 Å². The van der Waals surface area contributed by atoms with Crippen LogP contribution in [-0.4, -0.2) is 24.5 Å². The van der Waals surface area contributed by atoms with Gasteiger partial charge in [0.05, 0.1) is 23.9 Å². The molecule has 0 fully saturated rings. The molecular weight excluding hydrogens is 354 g/mol. The molecule has 0 bridgehead atoms. The molecule has 1 atom stereocenters. The Morgan fingerprint density at radius 3 is 2.54 bits per heavy atom. The van der Waals surface area contributed by atoms with Crippen LogP contribution in [0, 0.1) is 0 Å². The first-order chi connectivity index (χ1) is 13.3.